The van der Waals surface area contributed by atoms with Gasteiger partial charge < -0.3 is 15.5 Å². The van der Waals surface area contributed by atoms with Crippen LogP contribution in [0, 0.1) is 13.8 Å². The zero-order valence-electron chi connectivity index (χ0n) is 22.1. The molecule has 1 unspecified atom stereocenters. The average Bonchev–Trinajstić information content (AvgIpc) is 2.85. The molecule has 0 fully saturated rings. The number of hydrogen-bond donors (Lipinski definition) is 2. The minimum atomic E-state index is 0.0167. The van der Waals surface area contributed by atoms with Crippen LogP contribution in [0.1, 0.15) is 60.8 Å². The smallest absolute Gasteiger partial charge is 0.251 e. The fourth-order valence-electron chi connectivity index (χ4n) is 3.28. The van der Waals surface area contributed by atoms with Crippen LogP contribution in [0.3, 0.4) is 0 Å². The van der Waals surface area contributed by atoms with Gasteiger partial charge in [-0.1, -0.05) is 62.9 Å². The van der Waals surface area contributed by atoms with Crippen molar-refractivity contribution in [1.29, 1.82) is 0 Å². The van der Waals surface area contributed by atoms with Gasteiger partial charge in [0.1, 0.15) is 0 Å². The predicted molar refractivity (Wildman–Crippen MR) is 143 cm³/mol. The molecule has 0 aliphatic heterocycles. The molecule has 0 heterocycles. The van der Waals surface area contributed by atoms with Crippen molar-refractivity contribution in [2.75, 3.05) is 27.2 Å². The van der Waals surface area contributed by atoms with Crippen LogP contribution in [0.15, 0.2) is 72.0 Å². The van der Waals surface area contributed by atoms with Crippen LogP contribution in [0.2, 0.25) is 0 Å². The Morgan fingerprint density at radius 3 is 2.18 bits per heavy atom. The Morgan fingerprint density at radius 2 is 1.62 bits per heavy atom. The van der Waals surface area contributed by atoms with E-state index in [1.54, 1.807) is 0 Å². The second kappa shape index (κ2) is 14.2. The molecule has 1 amide bonds. The summed E-state index contributed by atoms with van der Waals surface area (Å²) in [5, 5.41) is 6.15. The number of nitrogens with one attached hydrogen (secondary N) is 2. The summed E-state index contributed by atoms with van der Waals surface area (Å²) in [5.74, 6) is 0.0586. The number of carbonyl (C=O) groups is 2. The third kappa shape index (κ3) is 7.99. The van der Waals surface area contributed by atoms with E-state index in [1.807, 2.05) is 109 Å². The van der Waals surface area contributed by atoms with Crippen LogP contribution in [0.25, 0.3) is 0 Å². The summed E-state index contributed by atoms with van der Waals surface area (Å²) in [4.78, 5) is 25.4. The highest BCUT2D eigenvalue weighted by atomic mass is 16.1. The van der Waals surface area contributed by atoms with Crippen molar-refractivity contribution < 1.29 is 9.59 Å². The van der Waals surface area contributed by atoms with E-state index < -0.39 is 0 Å². The molecule has 2 aromatic rings. The fourth-order valence-corrected chi connectivity index (χ4v) is 3.28. The van der Waals surface area contributed by atoms with Crippen LogP contribution in [0.5, 0.6) is 0 Å². The first-order valence-electron chi connectivity index (χ1n) is 11.9. The van der Waals surface area contributed by atoms with Crippen LogP contribution in [0.4, 0.5) is 0 Å². The van der Waals surface area contributed by atoms with Gasteiger partial charge in [0.25, 0.3) is 5.91 Å². The first-order chi connectivity index (χ1) is 16.1. The summed E-state index contributed by atoms with van der Waals surface area (Å²) < 4.78 is 0. The minimum absolute atomic E-state index is 0.0167. The Morgan fingerprint density at radius 1 is 1.00 bits per heavy atom. The number of Topliss-reactive ketones (excluding diaryl/α,β-unsaturated/α-hetero) is 1. The van der Waals surface area contributed by atoms with E-state index in [1.165, 1.54) is 5.56 Å². The molecular weight excluding hydrogens is 422 g/mol. The van der Waals surface area contributed by atoms with Gasteiger partial charge >= 0.3 is 0 Å². The van der Waals surface area contributed by atoms with E-state index in [-0.39, 0.29) is 17.7 Å². The van der Waals surface area contributed by atoms with Gasteiger partial charge in [0.05, 0.1) is 5.70 Å². The summed E-state index contributed by atoms with van der Waals surface area (Å²) in [5.41, 5.74) is 6.48. The Balaban J connectivity index is 0.000000317. The molecule has 3 rings (SSSR count). The van der Waals surface area contributed by atoms with Gasteiger partial charge in [0.15, 0.2) is 0 Å². The third-order valence-electron chi connectivity index (χ3n) is 5.68. The molecule has 0 radical (unpaired) electrons. The Kier molecular flexibility index (Phi) is 12.0. The topological polar surface area (TPSA) is 61.4 Å². The summed E-state index contributed by atoms with van der Waals surface area (Å²) in [6.45, 7) is 17.2. The van der Waals surface area contributed by atoms with Gasteiger partial charge in [-0.15, -0.1) is 0 Å². The second-order valence-corrected chi connectivity index (χ2v) is 8.39. The van der Waals surface area contributed by atoms with Crippen LogP contribution < -0.4 is 10.6 Å². The summed E-state index contributed by atoms with van der Waals surface area (Å²) in [6.07, 6.45) is 0. The van der Waals surface area contributed by atoms with Gasteiger partial charge in [-0.2, -0.15) is 0 Å². The van der Waals surface area contributed by atoms with Crippen molar-refractivity contribution in [3.8, 4) is 0 Å². The van der Waals surface area contributed by atoms with Crippen molar-refractivity contribution in [1.82, 2.24) is 15.5 Å². The number of nitrogens with zero attached hydrogens (tertiary/aromatic N) is 1. The highest BCUT2D eigenvalue weighted by molar-refractivity contribution is 6.18. The number of allylic oxidation sites excluding steroid dienone is 2. The molecule has 0 spiro atoms. The van der Waals surface area contributed by atoms with E-state index in [0.717, 1.165) is 28.8 Å². The van der Waals surface area contributed by atoms with Crippen molar-refractivity contribution in [2.24, 2.45) is 0 Å². The molecule has 0 saturated carbocycles. The van der Waals surface area contributed by atoms with E-state index >= 15 is 0 Å². The molecule has 1 atom stereocenters. The van der Waals surface area contributed by atoms with E-state index in [0.29, 0.717) is 17.8 Å². The fraction of sp³-hybridized carbons (Fsp3) is 0.379. The standard InChI is InChI=1S/C14H15NO.C13H20N2O.C2H6/c1-9-10(2)14(16)13(9)15-11(3)12-7-5-4-6-8-12;1-10-6-5-7-12(11(10)2)13(16)14-8-9-15(3)4;1-2/h4-8,11,15H,2H2,1,3H3;5-7H,8-9H2,1-4H3,(H,14,16);1-2H3. The highest BCUT2D eigenvalue weighted by Crippen LogP contribution is 2.28. The van der Waals surface area contributed by atoms with Crippen LogP contribution >= 0.6 is 0 Å². The molecule has 0 bridgehead atoms. The molecular formula is C29H41N3O2. The number of ketones is 1. The molecule has 0 saturated heterocycles. The summed E-state index contributed by atoms with van der Waals surface area (Å²) >= 11 is 0. The Hall–Kier alpha value is -3.18. The lowest BCUT2D eigenvalue weighted by Gasteiger charge is -2.26. The van der Waals surface area contributed by atoms with Crippen molar-refractivity contribution in [3.63, 3.8) is 0 Å². The molecule has 0 aromatic heterocycles. The normalized spacial score (nSPS) is 13.2. The number of rotatable bonds is 7. The molecule has 5 heteroatoms. The van der Waals surface area contributed by atoms with Gasteiger partial charge in [-0.25, -0.2) is 0 Å². The SMILES string of the molecule is C=C1C(=O)C(NC(C)c2ccccc2)=C1C.CC.Cc1cccc(C(=O)NCCN(C)C)c1C. The van der Waals surface area contributed by atoms with Crippen molar-refractivity contribution >= 4 is 11.7 Å². The maximum Gasteiger partial charge on any atom is 0.251 e. The van der Waals surface area contributed by atoms with Crippen molar-refractivity contribution in [2.45, 2.75) is 47.6 Å². The summed E-state index contributed by atoms with van der Waals surface area (Å²) in [7, 11) is 3.98. The average molecular weight is 464 g/mol. The number of hydrogen-bond acceptors (Lipinski definition) is 4. The summed E-state index contributed by atoms with van der Waals surface area (Å²) in [6, 6.07) is 16.0. The number of amides is 1. The van der Waals surface area contributed by atoms with Gasteiger partial charge in [-0.05, 0) is 70.1 Å². The van der Waals surface area contributed by atoms with E-state index in [9.17, 15) is 9.59 Å². The quantitative estimate of drug-likeness (QED) is 0.542. The monoisotopic (exact) mass is 463 g/mol. The maximum absolute atomic E-state index is 11.9. The zero-order chi connectivity index (χ0) is 25.8. The number of aryl methyl sites for hydroxylation is 1. The van der Waals surface area contributed by atoms with Gasteiger partial charge in [-0.3, -0.25) is 9.59 Å². The molecule has 2 N–H and O–H groups in total. The highest BCUT2D eigenvalue weighted by Gasteiger charge is 2.29. The van der Waals surface area contributed by atoms with Crippen LogP contribution in [-0.2, 0) is 4.79 Å². The largest absolute Gasteiger partial charge is 0.375 e. The van der Waals surface area contributed by atoms with Gasteiger partial charge in [0, 0.05) is 30.3 Å². The lowest BCUT2D eigenvalue weighted by molar-refractivity contribution is -0.113. The van der Waals surface area contributed by atoms with E-state index in [2.05, 4.69) is 17.2 Å². The number of carbonyl (C=O) groups excluding carboxylic acids is 2. The minimum Gasteiger partial charge on any atom is -0.375 e. The Bertz CT molecular complexity index is 1010. The third-order valence-corrected chi connectivity index (χ3v) is 5.68. The number of likely N-dealkylation sites (N-methyl/N-ethyl adjacent to an activating group) is 1. The van der Waals surface area contributed by atoms with Crippen LogP contribution in [-0.4, -0.2) is 43.8 Å². The van der Waals surface area contributed by atoms with Crippen molar-refractivity contribution in [3.05, 3.63) is 94.2 Å². The first kappa shape index (κ1) is 28.9. The number of benzene rings is 2. The van der Waals surface area contributed by atoms with Gasteiger partial charge in [0.2, 0.25) is 5.78 Å². The molecule has 1 aliphatic carbocycles. The van der Waals surface area contributed by atoms with E-state index in [4.69, 9.17) is 0 Å². The predicted octanol–water partition coefficient (Wildman–Crippen LogP) is 5.37. The first-order valence-corrected chi connectivity index (χ1v) is 11.9. The zero-order valence-corrected chi connectivity index (χ0v) is 22.1. The molecule has 34 heavy (non-hydrogen) atoms. The lowest BCUT2D eigenvalue weighted by Crippen LogP contribution is -2.32. The molecule has 2 aromatic carbocycles. The molecule has 184 valence electrons. The Labute approximate surface area is 206 Å². The molecule has 5 nitrogen and oxygen atoms in total. The second-order valence-electron chi connectivity index (χ2n) is 8.39. The molecule has 1 aliphatic rings. The maximum atomic E-state index is 11.9. The lowest BCUT2D eigenvalue weighted by atomic mass is 9.88.